The molecule has 28 heavy (non-hydrogen) atoms. The molecule has 0 spiro atoms. The number of aromatic nitrogens is 3. The highest BCUT2D eigenvalue weighted by Gasteiger charge is 2.36. The molecule has 0 radical (unpaired) electrons. The van der Waals surface area contributed by atoms with Crippen molar-refractivity contribution in [2.24, 2.45) is 0 Å². The maximum Gasteiger partial charge on any atom is 0.242 e. The normalized spacial score (nSPS) is 20.5. The highest BCUT2D eigenvalue weighted by Crippen LogP contribution is 2.25. The summed E-state index contributed by atoms with van der Waals surface area (Å²) < 4.78 is 27.2. The third kappa shape index (κ3) is 3.81. The summed E-state index contributed by atoms with van der Waals surface area (Å²) in [5.41, 5.74) is 1.60. The fraction of sp³-hybridized carbons (Fsp3) is 0.526. The zero-order chi connectivity index (χ0) is 19.7. The summed E-state index contributed by atoms with van der Waals surface area (Å²) in [6.07, 6.45) is 6.83. The molecule has 8 nitrogen and oxygen atoms in total. The van der Waals surface area contributed by atoms with Gasteiger partial charge in [0.05, 0.1) is 6.26 Å². The van der Waals surface area contributed by atoms with Gasteiger partial charge in [0, 0.05) is 30.8 Å². The molecule has 1 aromatic heterocycles. The van der Waals surface area contributed by atoms with E-state index in [1.54, 1.807) is 0 Å². The van der Waals surface area contributed by atoms with Crippen LogP contribution in [0.25, 0.3) is 11.4 Å². The number of anilines is 1. The number of fused-ring (bicyclic) bond motifs is 1. The van der Waals surface area contributed by atoms with Crippen LogP contribution in [0.4, 0.5) is 5.69 Å². The SMILES string of the molecule is CS(=O)(=O)N1CCC[C@@H]1C(=O)Nc1ccc(-c2nnc3n2CCCCC3)cc1. The van der Waals surface area contributed by atoms with Gasteiger partial charge in [-0.2, -0.15) is 4.31 Å². The number of nitrogens with zero attached hydrogens (tertiary/aromatic N) is 4. The summed E-state index contributed by atoms with van der Waals surface area (Å²) in [6.45, 7) is 1.33. The largest absolute Gasteiger partial charge is 0.325 e. The Kier molecular flexibility index (Phi) is 5.20. The highest BCUT2D eigenvalue weighted by molar-refractivity contribution is 7.88. The van der Waals surface area contributed by atoms with Gasteiger partial charge in [-0.1, -0.05) is 6.42 Å². The molecule has 1 amide bonds. The molecule has 0 saturated carbocycles. The van der Waals surface area contributed by atoms with E-state index >= 15 is 0 Å². The smallest absolute Gasteiger partial charge is 0.242 e. The average molecular weight is 404 g/mol. The lowest BCUT2D eigenvalue weighted by atomic mass is 10.1. The molecule has 2 aromatic rings. The van der Waals surface area contributed by atoms with E-state index in [9.17, 15) is 13.2 Å². The Bertz CT molecular complexity index is 968. The van der Waals surface area contributed by atoms with Gasteiger partial charge in [0.1, 0.15) is 11.9 Å². The van der Waals surface area contributed by atoms with Crippen molar-refractivity contribution in [3.8, 4) is 11.4 Å². The summed E-state index contributed by atoms with van der Waals surface area (Å²) in [7, 11) is -3.38. The standard InChI is InChI=1S/C19H25N5O3S/c1-28(26,27)24-13-5-6-16(24)19(25)20-15-10-8-14(9-11-15)18-22-21-17-7-3-2-4-12-23(17)18/h8-11,16H,2-7,12-13H2,1H3,(H,20,25)/t16-/m1/s1. The predicted octanol–water partition coefficient (Wildman–Crippen LogP) is 2.03. The zero-order valence-corrected chi connectivity index (χ0v) is 16.8. The molecule has 4 rings (SSSR count). The molecule has 1 aromatic carbocycles. The lowest BCUT2D eigenvalue weighted by molar-refractivity contribution is -0.119. The first-order valence-electron chi connectivity index (χ1n) is 9.74. The van der Waals surface area contributed by atoms with Gasteiger partial charge in [0.2, 0.25) is 15.9 Å². The van der Waals surface area contributed by atoms with Crippen LogP contribution in [-0.4, -0.2) is 52.2 Å². The topological polar surface area (TPSA) is 97.2 Å². The Labute approximate surface area is 165 Å². The molecule has 150 valence electrons. The van der Waals surface area contributed by atoms with Gasteiger partial charge in [-0.3, -0.25) is 4.79 Å². The van der Waals surface area contributed by atoms with Crippen LogP contribution in [0.5, 0.6) is 0 Å². The minimum absolute atomic E-state index is 0.285. The van der Waals surface area contributed by atoms with Crippen molar-refractivity contribution in [1.29, 1.82) is 0 Å². The first-order chi connectivity index (χ1) is 13.4. The summed E-state index contributed by atoms with van der Waals surface area (Å²) in [6, 6.07) is 6.85. The van der Waals surface area contributed by atoms with Gasteiger partial charge < -0.3 is 9.88 Å². The number of carbonyl (C=O) groups is 1. The van der Waals surface area contributed by atoms with Crippen LogP contribution in [0.3, 0.4) is 0 Å². The first-order valence-corrected chi connectivity index (χ1v) is 11.6. The number of aryl methyl sites for hydroxylation is 1. The van der Waals surface area contributed by atoms with E-state index < -0.39 is 16.1 Å². The predicted molar refractivity (Wildman–Crippen MR) is 106 cm³/mol. The molecule has 1 fully saturated rings. The van der Waals surface area contributed by atoms with Gasteiger partial charge in [-0.15, -0.1) is 10.2 Å². The Morgan fingerprint density at radius 3 is 2.61 bits per heavy atom. The van der Waals surface area contributed by atoms with Crippen LogP contribution < -0.4 is 5.32 Å². The van der Waals surface area contributed by atoms with E-state index in [-0.39, 0.29) is 5.91 Å². The Morgan fingerprint density at radius 1 is 1.07 bits per heavy atom. The molecular formula is C19H25N5O3S. The summed E-state index contributed by atoms with van der Waals surface area (Å²) in [4.78, 5) is 12.6. The van der Waals surface area contributed by atoms with E-state index in [0.717, 1.165) is 49.3 Å². The van der Waals surface area contributed by atoms with Crippen molar-refractivity contribution in [2.45, 2.75) is 51.1 Å². The average Bonchev–Trinajstić information content (AvgIpc) is 3.25. The van der Waals surface area contributed by atoms with Crippen LogP contribution >= 0.6 is 0 Å². The van der Waals surface area contributed by atoms with Crippen molar-refractivity contribution < 1.29 is 13.2 Å². The van der Waals surface area contributed by atoms with Gasteiger partial charge in [0.25, 0.3) is 0 Å². The van der Waals surface area contributed by atoms with Crippen LogP contribution in [-0.2, 0) is 27.8 Å². The van der Waals surface area contributed by atoms with E-state index in [2.05, 4.69) is 20.1 Å². The number of sulfonamides is 1. The molecule has 1 saturated heterocycles. The van der Waals surface area contributed by atoms with E-state index in [1.165, 1.54) is 10.7 Å². The highest BCUT2D eigenvalue weighted by atomic mass is 32.2. The molecule has 2 aliphatic heterocycles. The minimum Gasteiger partial charge on any atom is -0.325 e. The van der Waals surface area contributed by atoms with Crippen LogP contribution in [0.1, 0.15) is 37.9 Å². The fourth-order valence-corrected chi connectivity index (χ4v) is 5.15. The maximum atomic E-state index is 12.6. The second-order valence-electron chi connectivity index (χ2n) is 7.50. The third-order valence-corrected chi connectivity index (χ3v) is 6.74. The number of hydrogen-bond donors (Lipinski definition) is 1. The quantitative estimate of drug-likeness (QED) is 0.842. The monoisotopic (exact) mass is 403 g/mol. The number of amides is 1. The second kappa shape index (κ2) is 7.63. The van der Waals surface area contributed by atoms with Crippen LogP contribution in [0.2, 0.25) is 0 Å². The first kappa shape index (κ1) is 19.1. The van der Waals surface area contributed by atoms with E-state index in [0.29, 0.717) is 25.1 Å². The molecule has 2 aliphatic rings. The van der Waals surface area contributed by atoms with E-state index in [4.69, 9.17) is 0 Å². The molecule has 9 heteroatoms. The Balaban J connectivity index is 1.48. The number of rotatable bonds is 4. The van der Waals surface area contributed by atoms with Crippen LogP contribution in [0.15, 0.2) is 24.3 Å². The summed E-state index contributed by atoms with van der Waals surface area (Å²) >= 11 is 0. The van der Waals surface area contributed by atoms with Crippen molar-refractivity contribution in [2.75, 3.05) is 18.1 Å². The van der Waals surface area contributed by atoms with Gasteiger partial charge in [0.15, 0.2) is 5.82 Å². The van der Waals surface area contributed by atoms with Gasteiger partial charge in [-0.05, 0) is 49.9 Å². The Hall–Kier alpha value is -2.26. The summed E-state index contributed by atoms with van der Waals surface area (Å²) in [5, 5.41) is 11.5. The molecule has 0 unspecified atom stereocenters. The summed E-state index contributed by atoms with van der Waals surface area (Å²) in [5.74, 6) is 1.60. The number of nitrogens with one attached hydrogen (secondary N) is 1. The maximum absolute atomic E-state index is 12.6. The molecule has 0 bridgehead atoms. The number of carbonyl (C=O) groups excluding carboxylic acids is 1. The van der Waals surface area contributed by atoms with Gasteiger partial charge in [-0.25, -0.2) is 8.42 Å². The molecule has 1 atom stereocenters. The Morgan fingerprint density at radius 2 is 1.86 bits per heavy atom. The zero-order valence-electron chi connectivity index (χ0n) is 16.0. The second-order valence-corrected chi connectivity index (χ2v) is 9.44. The van der Waals surface area contributed by atoms with Crippen molar-refractivity contribution in [3.63, 3.8) is 0 Å². The number of benzene rings is 1. The number of hydrogen-bond acceptors (Lipinski definition) is 5. The van der Waals surface area contributed by atoms with Crippen molar-refractivity contribution in [3.05, 3.63) is 30.1 Å². The van der Waals surface area contributed by atoms with Crippen molar-refractivity contribution in [1.82, 2.24) is 19.1 Å². The molecular weight excluding hydrogens is 378 g/mol. The van der Waals surface area contributed by atoms with Crippen LogP contribution in [0, 0.1) is 0 Å². The van der Waals surface area contributed by atoms with E-state index in [1.807, 2.05) is 24.3 Å². The van der Waals surface area contributed by atoms with Crippen molar-refractivity contribution >= 4 is 21.6 Å². The lowest BCUT2D eigenvalue weighted by Crippen LogP contribution is -2.42. The lowest BCUT2D eigenvalue weighted by Gasteiger charge is -2.21. The molecule has 0 aliphatic carbocycles. The fourth-order valence-electron chi connectivity index (χ4n) is 4.03. The van der Waals surface area contributed by atoms with Gasteiger partial charge >= 0.3 is 0 Å². The minimum atomic E-state index is -3.38. The molecule has 3 heterocycles. The third-order valence-electron chi connectivity index (χ3n) is 5.45. The molecule has 1 N–H and O–H groups in total.